The van der Waals surface area contributed by atoms with E-state index in [1.54, 1.807) is 0 Å². The number of nitrogens with one attached hydrogen (secondary N) is 1. The first-order chi connectivity index (χ1) is 11.3. The van der Waals surface area contributed by atoms with Gasteiger partial charge in [-0.1, -0.05) is 60.7 Å². The van der Waals surface area contributed by atoms with Crippen LogP contribution in [0.3, 0.4) is 0 Å². The summed E-state index contributed by atoms with van der Waals surface area (Å²) in [4.78, 5) is 4.28. The number of rotatable bonds is 5. The molecule has 0 aliphatic carbocycles. The molecule has 0 amide bonds. The molecule has 114 valence electrons. The molecule has 1 N–H and O–H groups in total. The van der Waals surface area contributed by atoms with Gasteiger partial charge >= 0.3 is 0 Å². The molecule has 3 aromatic rings. The number of benzene rings is 2. The fourth-order valence-electron chi connectivity index (χ4n) is 2.41. The van der Waals surface area contributed by atoms with Gasteiger partial charge < -0.3 is 9.73 Å². The predicted molar refractivity (Wildman–Crippen MR) is 88.9 cm³/mol. The second-order valence-corrected chi connectivity index (χ2v) is 5.34. The van der Waals surface area contributed by atoms with E-state index in [0.717, 1.165) is 11.1 Å². The molecule has 1 heterocycles. The maximum absolute atomic E-state index is 9.27. The number of nitriles is 1. The highest BCUT2D eigenvalue weighted by Crippen LogP contribution is 2.24. The summed E-state index contributed by atoms with van der Waals surface area (Å²) in [6.45, 7) is 2.02. The first kappa shape index (κ1) is 14.9. The Kier molecular flexibility index (Phi) is 4.39. The normalized spacial score (nSPS) is 11.7. The van der Waals surface area contributed by atoms with Crippen molar-refractivity contribution < 1.29 is 4.42 Å². The van der Waals surface area contributed by atoms with Crippen molar-refractivity contribution in [2.75, 3.05) is 5.32 Å². The monoisotopic (exact) mass is 303 g/mol. The molecule has 1 atom stereocenters. The van der Waals surface area contributed by atoms with Crippen LogP contribution in [0, 0.1) is 11.3 Å². The van der Waals surface area contributed by atoms with Crippen LogP contribution in [0.4, 0.5) is 5.88 Å². The van der Waals surface area contributed by atoms with Crippen LogP contribution >= 0.6 is 0 Å². The van der Waals surface area contributed by atoms with Crippen molar-refractivity contribution in [2.45, 2.75) is 19.4 Å². The predicted octanol–water partition coefficient (Wildman–Crippen LogP) is 4.31. The zero-order valence-electron chi connectivity index (χ0n) is 12.9. The molecule has 0 saturated carbocycles. The Morgan fingerprint density at radius 3 is 2.39 bits per heavy atom. The molecule has 3 rings (SSSR count). The summed E-state index contributed by atoms with van der Waals surface area (Å²) in [5.41, 5.74) is 2.51. The van der Waals surface area contributed by atoms with Gasteiger partial charge in [0, 0.05) is 6.42 Å². The van der Waals surface area contributed by atoms with E-state index < -0.39 is 0 Å². The highest BCUT2D eigenvalue weighted by Gasteiger charge is 2.16. The van der Waals surface area contributed by atoms with E-state index in [1.807, 2.05) is 67.6 Å². The zero-order valence-corrected chi connectivity index (χ0v) is 12.9. The van der Waals surface area contributed by atoms with Gasteiger partial charge in [-0.25, -0.2) is 4.98 Å². The second kappa shape index (κ2) is 6.80. The third-order valence-corrected chi connectivity index (χ3v) is 3.62. The molecule has 0 aliphatic heterocycles. The lowest BCUT2D eigenvalue weighted by Gasteiger charge is -2.13. The lowest BCUT2D eigenvalue weighted by molar-refractivity contribution is 0.513. The highest BCUT2D eigenvalue weighted by atomic mass is 16.4. The first-order valence-electron chi connectivity index (χ1n) is 7.51. The quantitative estimate of drug-likeness (QED) is 0.763. The van der Waals surface area contributed by atoms with E-state index in [4.69, 9.17) is 4.42 Å². The van der Waals surface area contributed by atoms with Crippen molar-refractivity contribution in [1.29, 1.82) is 5.26 Å². The topological polar surface area (TPSA) is 61.9 Å². The maximum atomic E-state index is 9.27. The van der Waals surface area contributed by atoms with E-state index in [9.17, 15) is 5.26 Å². The van der Waals surface area contributed by atoms with Gasteiger partial charge in [0.05, 0.1) is 6.04 Å². The van der Waals surface area contributed by atoms with Crippen molar-refractivity contribution in [3.8, 4) is 6.07 Å². The third kappa shape index (κ3) is 3.58. The summed E-state index contributed by atoms with van der Waals surface area (Å²) in [5, 5.41) is 12.5. The summed E-state index contributed by atoms with van der Waals surface area (Å²) >= 11 is 0. The van der Waals surface area contributed by atoms with Gasteiger partial charge in [-0.3, -0.25) is 0 Å². The first-order valence-corrected chi connectivity index (χ1v) is 7.51. The second-order valence-electron chi connectivity index (χ2n) is 5.34. The van der Waals surface area contributed by atoms with E-state index in [2.05, 4.69) is 16.4 Å². The Balaban J connectivity index is 1.78. The van der Waals surface area contributed by atoms with Gasteiger partial charge in [-0.05, 0) is 18.1 Å². The Morgan fingerprint density at radius 1 is 1.09 bits per heavy atom. The molecule has 1 unspecified atom stereocenters. The van der Waals surface area contributed by atoms with Crippen LogP contribution in [0.1, 0.15) is 35.7 Å². The largest absolute Gasteiger partial charge is 0.423 e. The Bertz CT molecular complexity index is 804. The molecule has 0 fully saturated rings. The molecule has 23 heavy (non-hydrogen) atoms. The SMILES string of the molecule is CC(Nc1oc(Cc2ccccc2)nc1C#N)c1ccccc1. The molecular weight excluding hydrogens is 286 g/mol. The van der Waals surface area contributed by atoms with Gasteiger partial charge in [-0.15, -0.1) is 0 Å². The molecule has 4 nitrogen and oxygen atoms in total. The van der Waals surface area contributed by atoms with Crippen LogP contribution in [0.5, 0.6) is 0 Å². The summed E-state index contributed by atoms with van der Waals surface area (Å²) in [7, 11) is 0. The van der Waals surface area contributed by atoms with Crippen LogP contribution in [0.15, 0.2) is 65.1 Å². The number of anilines is 1. The average molecular weight is 303 g/mol. The molecule has 0 bridgehead atoms. The molecular formula is C19H17N3O. The van der Waals surface area contributed by atoms with Crippen LogP contribution in [-0.2, 0) is 6.42 Å². The fraction of sp³-hybridized carbons (Fsp3) is 0.158. The Morgan fingerprint density at radius 2 is 1.74 bits per heavy atom. The lowest BCUT2D eigenvalue weighted by Crippen LogP contribution is -2.06. The Hall–Kier alpha value is -3.06. The number of hydrogen-bond acceptors (Lipinski definition) is 4. The molecule has 0 spiro atoms. The number of aromatic nitrogens is 1. The zero-order chi connectivity index (χ0) is 16.1. The lowest BCUT2D eigenvalue weighted by atomic mass is 10.1. The van der Waals surface area contributed by atoms with Gasteiger partial charge in [0.15, 0.2) is 0 Å². The van der Waals surface area contributed by atoms with E-state index >= 15 is 0 Å². The number of oxazole rings is 1. The maximum Gasteiger partial charge on any atom is 0.232 e. The Labute approximate surface area is 135 Å². The van der Waals surface area contributed by atoms with Crippen molar-refractivity contribution in [3.63, 3.8) is 0 Å². The fourth-order valence-corrected chi connectivity index (χ4v) is 2.41. The van der Waals surface area contributed by atoms with Crippen molar-refractivity contribution in [3.05, 3.63) is 83.4 Å². The smallest absolute Gasteiger partial charge is 0.232 e. The summed E-state index contributed by atoms with van der Waals surface area (Å²) in [5.74, 6) is 0.963. The van der Waals surface area contributed by atoms with Crippen LogP contribution in [0.25, 0.3) is 0 Å². The number of hydrogen-bond donors (Lipinski definition) is 1. The minimum Gasteiger partial charge on any atom is -0.423 e. The molecule has 0 saturated heterocycles. The number of nitrogens with zero attached hydrogens (tertiary/aromatic N) is 2. The van der Waals surface area contributed by atoms with E-state index in [0.29, 0.717) is 23.9 Å². The molecule has 0 radical (unpaired) electrons. The third-order valence-electron chi connectivity index (χ3n) is 3.62. The highest BCUT2D eigenvalue weighted by molar-refractivity contribution is 5.47. The molecule has 2 aromatic carbocycles. The standard InChI is InChI=1S/C19H17N3O/c1-14(16-10-6-3-7-11-16)21-19-17(13-20)22-18(23-19)12-15-8-4-2-5-9-15/h2-11,14,21H,12H2,1H3. The van der Waals surface area contributed by atoms with Crippen LogP contribution < -0.4 is 5.32 Å². The van der Waals surface area contributed by atoms with Crippen molar-refractivity contribution >= 4 is 5.88 Å². The van der Waals surface area contributed by atoms with Gasteiger partial charge in [0.1, 0.15) is 6.07 Å². The van der Waals surface area contributed by atoms with E-state index in [-0.39, 0.29) is 6.04 Å². The minimum absolute atomic E-state index is 0.0285. The average Bonchev–Trinajstić information content (AvgIpc) is 2.98. The summed E-state index contributed by atoms with van der Waals surface area (Å²) in [6, 6.07) is 22.1. The van der Waals surface area contributed by atoms with E-state index in [1.165, 1.54) is 0 Å². The van der Waals surface area contributed by atoms with Crippen LogP contribution in [-0.4, -0.2) is 4.98 Å². The van der Waals surface area contributed by atoms with Gasteiger partial charge in [-0.2, -0.15) is 5.26 Å². The summed E-state index contributed by atoms with van der Waals surface area (Å²) < 4.78 is 5.76. The summed E-state index contributed by atoms with van der Waals surface area (Å²) in [6.07, 6.45) is 0.566. The molecule has 4 heteroatoms. The van der Waals surface area contributed by atoms with Crippen LogP contribution in [0.2, 0.25) is 0 Å². The van der Waals surface area contributed by atoms with Crippen molar-refractivity contribution in [2.24, 2.45) is 0 Å². The van der Waals surface area contributed by atoms with Gasteiger partial charge in [0.25, 0.3) is 0 Å². The molecule has 0 aliphatic rings. The minimum atomic E-state index is 0.0285. The van der Waals surface area contributed by atoms with Gasteiger partial charge in [0.2, 0.25) is 17.5 Å². The molecule has 1 aromatic heterocycles. The van der Waals surface area contributed by atoms with Crippen molar-refractivity contribution in [1.82, 2.24) is 4.98 Å².